The van der Waals surface area contributed by atoms with Crippen LogP contribution in [-0.2, 0) is 0 Å². The summed E-state index contributed by atoms with van der Waals surface area (Å²) in [5, 5.41) is 5.23. The monoisotopic (exact) mass is 537 g/mol. The molecule has 2 heterocycles. The highest BCUT2D eigenvalue weighted by molar-refractivity contribution is 7.80. The van der Waals surface area contributed by atoms with E-state index in [2.05, 4.69) is 44.2 Å². The molecule has 0 amide bonds. The summed E-state index contributed by atoms with van der Waals surface area (Å²) in [5.41, 5.74) is 11.2. The van der Waals surface area contributed by atoms with Crippen LogP contribution in [0, 0.1) is 5.82 Å². The van der Waals surface area contributed by atoms with Gasteiger partial charge in [0.05, 0.1) is 27.6 Å². The quantitative estimate of drug-likeness (QED) is 0.330. The van der Waals surface area contributed by atoms with E-state index in [1.54, 1.807) is 18.3 Å². The van der Waals surface area contributed by atoms with Crippen LogP contribution < -0.4 is 25.9 Å². The topological polar surface area (TPSA) is 63.4 Å². The van der Waals surface area contributed by atoms with E-state index >= 15 is 4.39 Å². The fraction of sp³-hybridized carbons (Fsp3) is 0.417. The highest BCUT2D eigenvalue weighted by atomic mass is 35.5. The predicted molar refractivity (Wildman–Crippen MR) is 149 cm³/mol. The van der Waals surface area contributed by atoms with Crippen LogP contribution in [0.5, 0.6) is 0 Å². The number of thiocarbonyl (C=S) groups is 1. The summed E-state index contributed by atoms with van der Waals surface area (Å²) in [6.07, 6.45) is 2.61. The first-order valence-corrected chi connectivity index (χ1v) is 12.7. The largest absolute Gasteiger partial charge is 0.375 e. The molecule has 0 radical (unpaired) electrons. The second kappa shape index (κ2) is 11.2. The zero-order valence-corrected chi connectivity index (χ0v) is 22.2. The molecule has 188 valence electrons. The molecule has 0 aromatic heterocycles. The molecule has 0 bridgehead atoms. The third-order valence-corrected chi connectivity index (χ3v) is 7.50. The summed E-state index contributed by atoms with van der Waals surface area (Å²) in [6, 6.07) is 9.56. The van der Waals surface area contributed by atoms with Crippen LogP contribution in [0.25, 0.3) is 0 Å². The van der Waals surface area contributed by atoms with Gasteiger partial charge in [-0.3, -0.25) is 5.43 Å². The van der Waals surface area contributed by atoms with Gasteiger partial charge in [0.15, 0.2) is 5.11 Å². The maximum absolute atomic E-state index is 15.4. The van der Waals surface area contributed by atoms with Gasteiger partial charge in [0.2, 0.25) is 0 Å². The van der Waals surface area contributed by atoms with Crippen LogP contribution in [-0.4, -0.2) is 75.6 Å². The van der Waals surface area contributed by atoms with Gasteiger partial charge < -0.3 is 25.3 Å². The SMILES string of the molecule is CN(C)C1CCN(c2cc(N3CCN(c4cccc(Cl)c4Cl)CC3)c(F)cc2C=NNC(N)=S)C1. The molecule has 1 unspecified atom stereocenters. The second-order valence-corrected chi connectivity index (χ2v) is 10.2. The van der Waals surface area contributed by atoms with E-state index in [4.69, 9.17) is 41.2 Å². The summed E-state index contributed by atoms with van der Waals surface area (Å²) < 4.78 is 15.4. The van der Waals surface area contributed by atoms with Crippen molar-refractivity contribution in [1.29, 1.82) is 0 Å². The number of halogens is 3. The molecule has 0 aliphatic carbocycles. The van der Waals surface area contributed by atoms with Crippen molar-refractivity contribution in [1.82, 2.24) is 10.3 Å². The molecule has 3 N–H and O–H groups in total. The molecule has 2 fully saturated rings. The summed E-state index contributed by atoms with van der Waals surface area (Å²) in [7, 11) is 4.18. The molecule has 2 aromatic rings. The second-order valence-electron chi connectivity index (χ2n) is 9.00. The Labute approximate surface area is 221 Å². The standard InChI is InChI=1S/C24H30Cl2FN7S/c1-31(2)17-6-7-34(15-17)21-13-22(19(27)12-16(21)14-29-30-24(28)35)33-10-8-32(9-11-33)20-5-3-4-18(25)23(20)26/h3-5,12-14,17H,6-11,15H2,1-2H3,(H3,28,30,35). The number of anilines is 3. The number of likely N-dealkylation sites (N-methyl/N-ethyl adjacent to an activating group) is 1. The minimum Gasteiger partial charge on any atom is -0.375 e. The molecule has 2 aromatic carbocycles. The molecule has 0 spiro atoms. The van der Waals surface area contributed by atoms with Crippen LogP contribution in [0.15, 0.2) is 35.4 Å². The summed E-state index contributed by atoms with van der Waals surface area (Å²) in [5.74, 6) is -0.289. The van der Waals surface area contributed by atoms with Crippen molar-refractivity contribution in [2.75, 3.05) is 68.1 Å². The van der Waals surface area contributed by atoms with Crippen molar-refractivity contribution in [2.24, 2.45) is 10.8 Å². The third-order valence-electron chi connectivity index (χ3n) is 6.60. The molecule has 35 heavy (non-hydrogen) atoms. The lowest BCUT2D eigenvalue weighted by Gasteiger charge is -2.38. The maximum atomic E-state index is 15.4. The molecule has 11 heteroatoms. The van der Waals surface area contributed by atoms with Gasteiger partial charge in [0.1, 0.15) is 5.82 Å². The average Bonchev–Trinajstić information content (AvgIpc) is 3.32. The van der Waals surface area contributed by atoms with Gasteiger partial charge in [-0.25, -0.2) is 4.39 Å². The lowest BCUT2D eigenvalue weighted by molar-refractivity contribution is 0.315. The molecular formula is C24H30Cl2FN7S. The number of piperazine rings is 1. The van der Waals surface area contributed by atoms with Crippen molar-refractivity contribution in [3.8, 4) is 0 Å². The number of nitrogens with one attached hydrogen (secondary N) is 1. The Bertz CT molecular complexity index is 1110. The van der Waals surface area contributed by atoms with E-state index in [-0.39, 0.29) is 10.9 Å². The third kappa shape index (κ3) is 5.91. The van der Waals surface area contributed by atoms with Gasteiger partial charge in [0, 0.05) is 56.6 Å². The van der Waals surface area contributed by atoms with E-state index in [1.165, 1.54) is 0 Å². The number of hydrazone groups is 1. The number of hydrogen-bond acceptors (Lipinski definition) is 6. The van der Waals surface area contributed by atoms with Crippen LogP contribution in [0.1, 0.15) is 12.0 Å². The normalized spacial score (nSPS) is 18.7. The Kier molecular flexibility index (Phi) is 8.21. The molecule has 2 aliphatic heterocycles. The Hall–Kier alpha value is -2.33. The number of benzene rings is 2. The summed E-state index contributed by atoms with van der Waals surface area (Å²) in [4.78, 5) is 8.79. The van der Waals surface area contributed by atoms with Gasteiger partial charge in [-0.15, -0.1) is 0 Å². The highest BCUT2D eigenvalue weighted by Crippen LogP contribution is 2.35. The fourth-order valence-corrected chi connectivity index (χ4v) is 5.13. The first-order chi connectivity index (χ1) is 16.7. The lowest BCUT2D eigenvalue weighted by atomic mass is 10.1. The Morgan fingerprint density at radius 2 is 1.77 bits per heavy atom. The highest BCUT2D eigenvalue weighted by Gasteiger charge is 2.28. The lowest BCUT2D eigenvalue weighted by Crippen LogP contribution is -2.47. The minimum atomic E-state index is -0.289. The maximum Gasteiger partial charge on any atom is 0.184 e. The minimum absolute atomic E-state index is 0.0615. The Morgan fingerprint density at radius 3 is 2.40 bits per heavy atom. The van der Waals surface area contributed by atoms with Gasteiger partial charge in [-0.1, -0.05) is 29.3 Å². The molecule has 4 rings (SSSR count). The molecular weight excluding hydrogens is 508 g/mol. The van der Waals surface area contributed by atoms with Gasteiger partial charge >= 0.3 is 0 Å². The van der Waals surface area contributed by atoms with Gasteiger partial charge in [-0.05, 0) is 57.0 Å². The fourth-order valence-electron chi connectivity index (χ4n) is 4.66. The number of nitrogens with zero attached hydrogens (tertiary/aromatic N) is 5. The van der Waals surface area contributed by atoms with Crippen molar-refractivity contribution < 1.29 is 4.39 Å². The zero-order chi connectivity index (χ0) is 25.1. The number of nitrogens with two attached hydrogens (primary N) is 1. The first kappa shape index (κ1) is 25.8. The van der Waals surface area contributed by atoms with E-state index in [0.717, 1.165) is 30.9 Å². The first-order valence-electron chi connectivity index (χ1n) is 11.5. The number of hydrogen-bond donors (Lipinski definition) is 2. The summed E-state index contributed by atoms with van der Waals surface area (Å²) >= 11 is 17.4. The smallest absolute Gasteiger partial charge is 0.184 e. The molecule has 7 nitrogen and oxygen atoms in total. The Morgan fingerprint density at radius 1 is 1.09 bits per heavy atom. The molecule has 2 aliphatic rings. The van der Waals surface area contributed by atoms with E-state index < -0.39 is 0 Å². The molecule has 2 saturated heterocycles. The van der Waals surface area contributed by atoms with Gasteiger partial charge in [-0.2, -0.15) is 5.10 Å². The van der Waals surface area contributed by atoms with Crippen LogP contribution >= 0.6 is 35.4 Å². The van der Waals surface area contributed by atoms with E-state index in [1.807, 2.05) is 18.2 Å². The van der Waals surface area contributed by atoms with Crippen molar-refractivity contribution in [3.05, 3.63) is 51.8 Å². The van der Waals surface area contributed by atoms with Crippen molar-refractivity contribution in [3.63, 3.8) is 0 Å². The average molecular weight is 539 g/mol. The predicted octanol–water partition coefficient (Wildman–Crippen LogP) is 3.77. The van der Waals surface area contributed by atoms with Gasteiger partial charge in [0.25, 0.3) is 0 Å². The molecule has 0 saturated carbocycles. The summed E-state index contributed by atoms with van der Waals surface area (Å²) in [6.45, 7) is 4.50. The zero-order valence-electron chi connectivity index (χ0n) is 19.8. The van der Waals surface area contributed by atoms with E-state index in [0.29, 0.717) is 53.5 Å². The van der Waals surface area contributed by atoms with Crippen molar-refractivity contribution >= 4 is 63.8 Å². The van der Waals surface area contributed by atoms with Crippen molar-refractivity contribution in [2.45, 2.75) is 12.5 Å². The van der Waals surface area contributed by atoms with E-state index in [9.17, 15) is 0 Å². The van der Waals surface area contributed by atoms with Crippen LogP contribution in [0.4, 0.5) is 21.5 Å². The Balaban J connectivity index is 1.57. The molecule has 1 atom stereocenters. The van der Waals surface area contributed by atoms with Crippen LogP contribution in [0.3, 0.4) is 0 Å². The number of rotatable bonds is 6. The van der Waals surface area contributed by atoms with Crippen LogP contribution in [0.2, 0.25) is 10.0 Å².